The highest BCUT2D eigenvalue weighted by Crippen LogP contribution is 2.28. The van der Waals surface area contributed by atoms with E-state index in [9.17, 15) is 5.11 Å². The average Bonchev–Trinajstić information content (AvgIpc) is 2.80. The summed E-state index contributed by atoms with van der Waals surface area (Å²) in [5.74, 6) is 0.783. The monoisotopic (exact) mass is 238 g/mol. The Morgan fingerprint density at radius 2 is 2.00 bits per heavy atom. The number of hydrogen-bond donors (Lipinski definition) is 1. The zero-order chi connectivity index (χ0) is 12.7. The third-order valence-electron chi connectivity index (χ3n) is 3.75. The Bertz CT molecular complexity index is 243. The molecule has 0 radical (unpaired) electrons. The zero-order valence-corrected chi connectivity index (χ0v) is 11.2. The van der Waals surface area contributed by atoms with Gasteiger partial charge in [0.2, 0.25) is 0 Å². The van der Waals surface area contributed by atoms with Crippen LogP contribution in [0.1, 0.15) is 46.0 Å². The summed E-state index contributed by atoms with van der Waals surface area (Å²) < 4.78 is 0. The molecule has 2 atom stereocenters. The number of aliphatic hydroxyl groups excluding tert-OH is 1. The number of nitrogens with zero attached hydrogens (tertiary/aromatic N) is 2. The third kappa shape index (κ3) is 5.52. The van der Waals surface area contributed by atoms with Gasteiger partial charge in [-0.25, -0.2) is 0 Å². The maximum Gasteiger partial charge on any atom is 0.0669 e. The van der Waals surface area contributed by atoms with Gasteiger partial charge in [-0.1, -0.05) is 32.6 Å². The van der Waals surface area contributed by atoms with Gasteiger partial charge in [0.15, 0.2) is 0 Å². The van der Waals surface area contributed by atoms with Crippen LogP contribution in [0.3, 0.4) is 0 Å². The lowest BCUT2D eigenvalue weighted by atomic mass is 9.99. The molecule has 0 bridgehead atoms. The van der Waals surface area contributed by atoms with Gasteiger partial charge in [-0.2, -0.15) is 5.26 Å². The fourth-order valence-corrected chi connectivity index (χ4v) is 2.76. The summed E-state index contributed by atoms with van der Waals surface area (Å²) in [7, 11) is 0. The van der Waals surface area contributed by atoms with Crippen LogP contribution >= 0.6 is 0 Å². The van der Waals surface area contributed by atoms with Crippen LogP contribution in [0.15, 0.2) is 0 Å². The molecule has 3 heteroatoms. The summed E-state index contributed by atoms with van der Waals surface area (Å²) in [5, 5.41) is 18.9. The van der Waals surface area contributed by atoms with Crippen LogP contribution in [0.4, 0.5) is 0 Å². The van der Waals surface area contributed by atoms with E-state index in [4.69, 9.17) is 5.26 Å². The van der Waals surface area contributed by atoms with Crippen molar-refractivity contribution in [1.29, 1.82) is 5.26 Å². The normalized spacial score (nSPS) is 20.4. The molecule has 0 spiro atoms. The molecule has 0 aromatic rings. The first kappa shape index (κ1) is 14.5. The van der Waals surface area contributed by atoms with Gasteiger partial charge in [0.05, 0.1) is 18.1 Å². The summed E-state index contributed by atoms with van der Waals surface area (Å²) in [4.78, 5) is 2.19. The van der Waals surface area contributed by atoms with Crippen molar-refractivity contribution in [3.05, 3.63) is 0 Å². The van der Waals surface area contributed by atoms with Crippen molar-refractivity contribution in [1.82, 2.24) is 4.90 Å². The van der Waals surface area contributed by atoms with E-state index in [0.717, 1.165) is 32.0 Å². The van der Waals surface area contributed by atoms with Crippen LogP contribution in [0.5, 0.6) is 0 Å². The molecule has 0 amide bonds. The minimum atomic E-state index is -0.219. The lowest BCUT2D eigenvalue weighted by Gasteiger charge is -2.25. The molecule has 98 valence electrons. The highest BCUT2D eigenvalue weighted by molar-refractivity contribution is 4.82. The van der Waals surface area contributed by atoms with Crippen molar-refractivity contribution in [2.24, 2.45) is 11.8 Å². The summed E-state index contributed by atoms with van der Waals surface area (Å²) in [6.45, 7) is 6.43. The largest absolute Gasteiger partial charge is 0.392 e. The Kier molecular flexibility index (Phi) is 6.54. The summed E-state index contributed by atoms with van der Waals surface area (Å²) in [6, 6.07) is 2.25. The molecule has 0 aromatic carbocycles. The first-order valence-electron chi connectivity index (χ1n) is 6.95. The number of nitriles is 1. The van der Waals surface area contributed by atoms with Gasteiger partial charge in [0.1, 0.15) is 0 Å². The van der Waals surface area contributed by atoms with Crippen LogP contribution in [-0.4, -0.2) is 35.7 Å². The minimum absolute atomic E-state index is 0.0497. The lowest BCUT2D eigenvalue weighted by Crippen LogP contribution is -2.36. The quantitative estimate of drug-likeness (QED) is 0.741. The highest BCUT2D eigenvalue weighted by atomic mass is 16.3. The van der Waals surface area contributed by atoms with Crippen molar-refractivity contribution in [2.75, 3.05) is 19.6 Å². The number of likely N-dealkylation sites (N-methyl/N-ethyl adjacent to an activating group) is 1. The minimum Gasteiger partial charge on any atom is -0.392 e. The van der Waals surface area contributed by atoms with Crippen molar-refractivity contribution < 1.29 is 5.11 Å². The second-order valence-electron chi connectivity index (χ2n) is 5.42. The second kappa shape index (κ2) is 7.68. The van der Waals surface area contributed by atoms with Gasteiger partial charge >= 0.3 is 0 Å². The summed E-state index contributed by atoms with van der Waals surface area (Å²) in [6.07, 6.45) is 5.97. The maximum atomic E-state index is 10.1. The van der Waals surface area contributed by atoms with Crippen LogP contribution in [0.2, 0.25) is 0 Å². The number of hydrogen-bond acceptors (Lipinski definition) is 3. The van der Waals surface area contributed by atoms with E-state index in [1.807, 2.05) is 6.92 Å². The van der Waals surface area contributed by atoms with Crippen molar-refractivity contribution in [3.8, 4) is 6.07 Å². The molecule has 3 nitrogen and oxygen atoms in total. The van der Waals surface area contributed by atoms with Gasteiger partial charge in [0.25, 0.3) is 0 Å². The molecule has 1 rings (SSSR count). The molecule has 17 heavy (non-hydrogen) atoms. The molecule has 1 aliphatic rings. The molecule has 0 aromatic heterocycles. The topological polar surface area (TPSA) is 47.3 Å². The van der Waals surface area contributed by atoms with Gasteiger partial charge < -0.3 is 5.11 Å². The SMILES string of the molecule is CCN(CC(C)C#N)CC(O)CC1CCCC1. The molecule has 0 aliphatic heterocycles. The van der Waals surface area contributed by atoms with Gasteiger partial charge in [-0.05, 0) is 25.8 Å². The maximum absolute atomic E-state index is 10.1. The second-order valence-corrected chi connectivity index (χ2v) is 5.42. The smallest absolute Gasteiger partial charge is 0.0669 e. The van der Waals surface area contributed by atoms with Crippen LogP contribution in [0.25, 0.3) is 0 Å². The summed E-state index contributed by atoms with van der Waals surface area (Å²) in [5.41, 5.74) is 0. The Balaban J connectivity index is 2.26. The van der Waals surface area contributed by atoms with E-state index in [-0.39, 0.29) is 12.0 Å². The Morgan fingerprint density at radius 3 is 2.53 bits per heavy atom. The van der Waals surface area contributed by atoms with Gasteiger partial charge in [-0.15, -0.1) is 0 Å². The molecule has 1 fully saturated rings. The molecule has 0 saturated heterocycles. The fourth-order valence-electron chi connectivity index (χ4n) is 2.76. The first-order chi connectivity index (χ1) is 8.15. The van der Waals surface area contributed by atoms with Crippen LogP contribution < -0.4 is 0 Å². The Hall–Kier alpha value is -0.590. The van der Waals surface area contributed by atoms with E-state index in [2.05, 4.69) is 17.9 Å². The van der Waals surface area contributed by atoms with Gasteiger partial charge in [-0.3, -0.25) is 4.90 Å². The number of rotatable bonds is 7. The molecule has 0 heterocycles. The van der Waals surface area contributed by atoms with Crippen molar-refractivity contribution >= 4 is 0 Å². The Morgan fingerprint density at radius 1 is 1.35 bits per heavy atom. The summed E-state index contributed by atoms with van der Waals surface area (Å²) >= 11 is 0. The first-order valence-corrected chi connectivity index (χ1v) is 6.95. The molecule has 1 saturated carbocycles. The van der Waals surface area contributed by atoms with Crippen LogP contribution in [0, 0.1) is 23.2 Å². The lowest BCUT2D eigenvalue weighted by molar-refractivity contribution is 0.0902. The van der Waals surface area contributed by atoms with E-state index < -0.39 is 0 Å². The predicted octanol–water partition coefficient (Wildman–Crippen LogP) is 2.41. The van der Waals surface area contributed by atoms with E-state index >= 15 is 0 Å². The third-order valence-corrected chi connectivity index (χ3v) is 3.75. The molecule has 1 N–H and O–H groups in total. The predicted molar refractivity (Wildman–Crippen MR) is 69.5 cm³/mol. The van der Waals surface area contributed by atoms with Crippen LogP contribution in [-0.2, 0) is 0 Å². The van der Waals surface area contributed by atoms with E-state index in [1.54, 1.807) is 0 Å². The number of aliphatic hydroxyl groups is 1. The zero-order valence-electron chi connectivity index (χ0n) is 11.2. The highest BCUT2D eigenvalue weighted by Gasteiger charge is 2.20. The molecular formula is C14H26N2O. The van der Waals surface area contributed by atoms with E-state index in [0.29, 0.717) is 0 Å². The molecular weight excluding hydrogens is 212 g/mol. The fraction of sp³-hybridized carbons (Fsp3) is 0.929. The van der Waals surface area contributed by atoms with Gasteiger partial charge in [0, 0.05) is 13.1 Å². The molecule has 2 unspecified atom stereocenters. The molecule has 1 aliphatic carbocycles. The average molecular weight is 238 g/mol. The standard InChI is InChI=1S/C14H26N2O/c1-3-16(10-12(2)9-15)11-14(17)8-13-6-4-5-7-13/h12-14,17H,3-8,10-11H2,1-2H3. The van der Waals surface area contributed by atoms with Crippen molar-refractivity contribution in [3.63, 3.8) is 0 Å². The van der Waals surface area contributed by atoms with Crippen molar-refractivity contribution in [2.45, 2.75) is 52.1 Å². The Labute approximate surface area is 105 Å². The van der Waals surface area contributed by atoms with E-state index in [1.165, 1.54) is 25.7 Å².